The molecule has 2 aromatic heterocycles. The van der Waals surface area contributed by atoms with E-state index < -0.39 is 65.5 Å². The highest BCUT2D eigenvalue weighted by atomic mass is 16.3. The van der Waals surface area contributed by atoms with E-state index in [2.05, 4.69) is 72.8 Å². The van der Waals surface area contributed by atoms with E-state index in [9.17, 15) is 2.74 Å². The highest BCUT2D eigenvalue weighted by Gasteiger charge is 2.20. The number of nitrogens with zero attached hydrogens (tertiary/aromatic N) is 3. The summed E-state index contributed by atoms with van der Waals surface area (Å²) < 4.78 is 85.4. The Morgan fingerprint density at radius 3 is 1.34 bits per heavy atom. The Balaban J connectivity index is 1.07. The lowest BCUT2D eigenvalue weighted by atomic mass is 9.98. The van der Waals surface area contributed by atoms with Crippen LogP contribution in [0.5, 0.6) is 0 Å². The Labute approximate surface area is 366 Å². The summed E-state index contributed by atoms with van der Waals surface area (Å²) in [5.74, 6) is 0.216. The van der Waals surface area contributed by atoms with Crippen molar-refractivity contribution < 1.29 is 16.8 Å². The molecule has 61 heavy (non-hydrogen) atoms. The predicted molar refractivity (Wildman–Crippen MR) is 251 cm³/mol. The zero-order chi connectivity index (χ0) is 48.4. The standard InChI is InChI=1S/C57H37N3O/c1-4-12-38(13-5-1)41-22-24-44(25-23-41)45-30-36-48(37-31-45)56-58-55(47-34-28-43(29-35-47)40-16-8-3-9-17-40)59-57(60-56)51-20-11-21-52-53(51)50-19-10-18-49(54(50)61-52)46-32-26-42(27-33-46)39-14-6-2-7-15-39/h1-37H/i3D,8D,9D,16D,17D,28D,29D,34D,35D. The quantitative estimate of drug-likeness (QED) is 0.154. The molecule has 0 aliphatic heterocycles. The minimum atomic E-state index is -0.659. The molecule has 0 saturated carbocycles. The topological polar surface area (TPSA) is 51.8 Å². The van der Waals surface area contributed by atoms with E-state index in [1.54, 1.807) is 0 Å². The van der Waals surface area contributed by atoms with Gasteiger partial charge in [-0.1, -0.05) is 218 Å². The molecule has 2 heterocycles. The third kappa shape index (κ3) is 6.96. The molecular formula is C57H37N3O. The summed E-state index contributed by atoms with van der Waals surface area (Å²) in [6.45, 7) is 0. The Morgan fingerprint density at radius 1 is 0.311 bits per heavy atom. The molecule has 0 aliphatic carbocycles. The Morgan fingerprint density at radius 2 is 0.754 bits per heavy atom. The van der Waals surface area contributed by atoms with E-state index in [0.717, 1.165) is 49.9 Å². The van der Waals surface area contributed by atoms with Crippen molar-refractivity contribution in [1.29, 1.82) is 0 Å². The van der Waals surface area contributed by atoms with Crippen LogP contribution < -0.4 is 0 Å². The number of fused-ring (bicyclic) bond motifs is 3. The molecule has 4 nitrogen and oxygen atoms in total. The van der Waals surface area contributed by atoms with Gasteiger partial charge in [0.15, 0.2) is 17.5 Å². The number of hydrogen-bond acceptors (Lipinski definition) is 4. The SMILES string of the molecule is [2H]c1c([2H])c([2H])c(-c2c([2H])c([2H])c(-c3nc(-c4ccc(-c5ccc(-c6ccccc6)cc5)cc4)nc(-c4cccc5oc6c(-c7ccc(-c8ccccc8)cc7)cccc6c45)n3)c([2H])c2[2H])c([2H])c1[2H]. The van der Waals surface area contributed by atoms with Crippen molar-refractivity contribution in [3.05, 3.63) is 224 Å². The number of hydrogen-bond donors (Lipinski definition) is 0. The van der Waals surface area contributed by atoms with E-state index >= 15 is 0 Å². The molecule has 0 amide bonds. The Kier molecular flexibility index (Phi) is 6.99. The fraction of sp³-hybridized carbons (Fsp3) is 0. The molecule has 11 aromatic rings. The maximum absolute atomic E-state index is 9.32. The van der Waals surface area contributed by atoms with Crippen LogP contribution in [0.3, 0.4) is 0 Å². The fourth-order valence-electron chi connectivity index (χ4n) is 7.69. The third-order valence-corrected chi connectivity index (χ3v) is 10.8. The second-order valence-electron chi connectivity index (χ2n) is 14.5. The molecule has 0 spiro atoms. The molecule has 0 atom stereocenters. The molecule has 0 saturated heterocycles. The highest BCUT2D eigenvalue weighted by Crippen LogP contribution is 2.41. The van der Waals surface area contributed by atoms with Crippen molar-refractivity contribution in [2.24, 2.45) is 0 Å². The molecule has 0 fully saturated rings. The van der Waals surface area contributed by atoms with Gasteiger partial charge in [-0.3, -0.25) is 0 Å². The van der Waals surface area contributed by atoms with E-state index in [4.69, 9.17) is 29.0 Å². The summed E-state index contributed by atoms with van der Waals surface area (Å²) in [5.41, 5.74) is 9.45. The molecule has 0 aliphatic rings. The fourth-order valence-corrected chi connectivity index (χ4v) is 7.69. The Hall–Kier alpha value is -8.21. The molecule has 9 aromatic carbocycles. The normalized spacial score (nSPS) is 13.3. The number of para-hydroxylation sites is 1. The van der Waals surface area contributed by atoms with Crippen LogP contribution in [-0.2, 0) is 0 Å². The summed E-state index contributed by atoms with van der Waals surface area (Å²) in [7, 11) is 0. The smallest absolute Gasteiger partial charge is 0.164 e. The van der Waals surface area contributed by atoms with Gasteiger partial charge in [-0.05, 0) is 56.1 Å². The van der Waals surface area contributed by atoms with Gasteiger partial charge < -0.3 is 4.42 Å². The van der Waals surface area contributed by atoms with Gasteiger partial charge in [-0.25, -0.2) is 15.0 Å². The Bertz CT molecular complexity index is 3790. The summed E-state index contributed by atoms with van der Waals surface area (Å²) >= 11 is 0. The van der Waals surface area contributed by atoms with Crippen LogP contribution in [0.4, 0.5) is 0 Å². The first-order valence-electron chi connectivity index (χ1n) is 24.3. The van der Waals surface area contributed by atoms with Gasteiger partial charge in [0.25, 0.3) is 0 Å². The first-order chi connectivity index (χ1) is 34.0. The van der Waals surface area contributed by atoms with Crippen molar-refractivity contribution in [3.8, 4) is 89.8 Å². The zero-order valence-corrected chi connectivity index (χ0v) is 32.4. The maximum Gasteiger partial charge on any atom is 0.164 e. The summed E-state index contributed by atoms with van der Waals surface area (Å²) in [5, 5.41) is 1.52. The lowest BCUT2D eigenvalue weighted by Gasteiger charge is -2.11. The molecule has 286 valence electrons. The molecule has 0 bridgehead atoms. The highest BCUT2D eigenvalue weighted by molar-refractivity contribution is 6.15. The molecular weight excluding hydrogens is 743 g/mol. The average molecular weight is 789 g/mol. The first-order valence-corrected chi connectivity index (χ1v) is 19.8. The summed E-state index contributed by atoms with van der Waals surface area (Å²) in [6, 6.07) is 50.5. The molecule has 0 N–H and O–H groups in total. The van der Waals surface area contributed by atoms with Gasteiger partial charge in [0.05, 0.1) is 12.3 Å². The maximum atomic E-state index is 9.32. The van der Waals surface area contributed by atoms with Crippen LogP contribution in [0.2, 0.25) is 0 Å². The number of aromatic nitrogens is 3. The van der Waals surface area contributed by atoms with Gasteiger partial charge in [0.1, 0.15) is 11.2 Å². The lowest BCUT2D eigenvalue weighted by Crippen LogP contribution is -2.00. The minimum Gasteiger partial charge on any atom is -0.455 e. The number of rotatable bonds is 8. The van der Waals surface area contributed by atoms with Crippen LogP contribution in [0.1, 0.15) is 12.3 Å². The van der Waals surface area contributed by atoms with Crippen LogP contribution in [0, 0.1) is 0 Å². The zero-order valence-electron chi connectivity index (χ0n) is 41.4. The minimum absolute atomic E-state index is 0.158. The molecule has 4 heteroatoms. The first kappa shape index (κ1) is 27.5. The van der Waals surface area contributed by atoms with E-state index in [1.165, 1.54) is 0 Å². The van der Waals surface area contributed by atoms with Crippen molar-refractivity contribution in [3.63, 3.8) is 0 Å². The van der Waals surface area contributed by atoms with Crippen molar-refractivity contribution in [2.75, 3.05) is 0 Å². The van der Waals surface area contributed by atoms with Crippen molar-refractivity contribution in [2.45, 2.75) is 0 Å². The van der Waals surface area contributed by atoms with Gasteiger partial charge in [0.2, 0.25) is 0 Å². The second-order valence-corrected chi connectivity index (χ2v) is 14.5. The van der Waals surface area contributed by atoms with Crippen LogP contribution in [-0.4, -0.2) is 15.0 Å². The third-order valence-electron chi connectivity index (χ3n) is 10.8. The molecule has 11 rings (SSSR count). The van der Waals surface area contributed by atoms with Crippen molar-refractivity contribution in [1.82, 2.24) is 15.0 Å². The molecule has 0 radical (unpaired) electrons. The second kappa shape index (κ2) is 15.5. The van der Waals surface area contributed by atoms with E-state index in [0.29, 0.717) is 27.7 Å². The molecule has 0 unspecified atom stereocenters. The van der Waals surface area contributed by atoms with Crippen LogP contribution >= 0.6 is 0 Å². The average Bonchev–Trinajstić information content (AvgIpc) is 3.80. The van der Waals surface area contributed by atoms with Gasteiger partial charge in [-0.15, -0.1) is 0 Å². The largest absolute Gasteiger partial charge is 0.455 e. The van der Waals surface area contributed by atoms with Crippen LogP contribution in [0.25, 0.3) is 112 Å². The number of benzene rings is 9. The monoisotopic (exact) mass is 788 g/mol. The van der Waals surface area contributed by atoms with Gasteiger partial charge >= 0.3 is 0 Å². The van der Waals surface area contributed by atoms with E-state index in [-0.39, 0.29) is 23.0 Å². The lowest BCUT2D eigenvalue weighted by molar-refractivity contribution is 0.670. The predicted octanol–water partition coefficient (Wildman–Crippen LogP) is 15.1. The number of furan rings is 1. The van der Waals surface area contributed by atoms with E-state index in [1.807, 2.05) is 97.1 Å². The van der Waals surface area contributed by atoms with Gasteiger partial charge in [0, 0.05) is 33.0 Å². The summed E-state index contributed by atoms with van der Waals surface area (Å²) in [4.78, 5) is 14.8. The van der Waals surface area contributed by atoms with Gasteiger partial charge in [-0.2, -0.15) is 0 Å². The van der Waals surface area contributed by atoms with Crippen molar-refractivity contribution >= 4 is 21.9 Å². The van der Waals surface area contributed by atoms with Crippen LogP contribution in [0.15, 0.2) is 229 Å². The summed E-state index contributed by atoms with van der Waals surface area (Å²) in [6.07, 6.45) is 0.